The molecule has 178 valence electrons. The second kappa shape index (κ2) is 9.82. The highest BCUT2D eigenvalue weighted by atomic mass is 32.2. The van der Waals surface area contributed by atoms with Crippen molar-refractivity contribution in [2.24, 2.45) is 0 Å². The number of hydrogen-bond donors (Lipinski definition) is 1. The third-order valence-corrected chi connectivity index (χ3v) is 7.82. The highest BCUT2D eigenvalue weighted by Gasteiger charge is 2.31. The summed E-state index contributed by atoms with van der Waals surface area (Å²) in [5, 5.41) is 9.56. The van der Waals surface area contributed by atoms with Gasteiger partial charge in [-0.15, -0.1) is 0 Å². The van der Waals surface area contributed by atoms with Gasteiger partial charge in [0.2, 0.25) is 10.0 Å². The van der Waals surface area contributed by atoms with Gasteiger partial charge in [-0.25, -0.2) is 8.42 Å². The molecule has 4 rings (SSSR count). The van der Waals surface area contributed by atoms with E-state index in [4.69, 9.17) is 9.47 Å². The van der Waals surface area contributed by atoms with Gasteiger partial charge >= 0.3 is 5.97 Å². The van der Waals surface area contributed by atoms with Crippen molar-refractivity contribution < 1.29 is 27.8 Å². The highest BCUT2D eigenvalue weighted by Crippen LogP contribution is 2.33. The maximum atomic E-state index is 13.3. The number of carbonyl (C=O) groups is 1. The zero-order chi connectivity index (χ0) is 24.3. The Bertz CT molecular complexity index is 1310. The Morgan fingerprint density at radius 3 is 2.74 bits per heavy atom. The molecule has 0 radical (unpaired) electrons. The number of sulfonamides is 1. The summed E-state index contributed by atoms with van der Waals surface area (Å²) in [7, 11) is -2.23. The topological polar surface area (TPSA) is 106 Å². The number of pyridine rings is 1. The molecular weight excluding hydrogens is 456 g/mol. The molecule has 0 aliphatic carbocycles. The van der Waals surface area contributed by atoms with Crippen LogP contribution in [0.4, 0.5) is 0 Å². The molecule has 34 heavy (non-hydrogen) atoms. The molecule has 0 bridgehead atoms. The highest BCUT2D eigenvalue weighted by molar-refractivity contribution is 7.89. The molecule has 1 atom stereocenters. The van der Waals surface area contributed by atoms with Gasteiger partial charge in [0.1, 0.15) is 23.0 Å². The number of carboxylic acids is 1. The molecule has 0 saturated carbocycles. The van der Waals surface area contributed by atoms with Crippen LogP contribution in [0.2, 0.25) is 0 Å². The molecule has 0 saturated heterocycles. The fraction of sp³-hybridized carbons (Fsp3) is 0.280. The Kier molecular flexibility index (Phi) is 6.85. The number of rotatable bonds is 7. The predicted octanol–water partition coefficient (Wildman–Crippen LogP) is 3.59. The molecule has 2 aromatic carbocycles. The largest absolute Gasteiger partial charge is 0.495 e. The van der Waals surface area contributed by atoms with Crippen molar-refractivity contribution in [1.29, 1.82) is 0 Å². The lowest BCUT2D eigenvalue weighted by molar-refractivity contribution is -0.137. The first kappa shape index (κ1) is 23.7. The molecule has 2 heterocycles. The lowest BCUT2D eigenvalue weighted by atomic mass is 9.87. The van der Waals surface area contributed by atoms with Gasteiger partial charge in [0.25, 0.3) is 0 Å². The van der Waals surface area contributed by atoms with Gasteiger partial charge in [0.15, 0.2) is 0 Å². The third-order valence-electron chi connectivity index (χ3n) is 5.94. The molecule has 0 fully saturated rings. The number of aryl methyl sites for hydroxylation is 1. The average Bonchev–Trinajstić information content (AvgIpc) is 2.95. The number of para-hydroxylation sites is 1. The van der Waals surface area contributed by atoms with Gasteiger partial charge in [-0.2, -0.15) is 4.31 Å². The number of aliphatic carboxylic acids is 1. The SMILES string of the molecule is COc1cncc(C(CC(=O)O)c2ccc(C)c(CN3CCOc4ccccc4S3(=O)=O)c2)c1. The molecule has 8 nitrogen and oxygen atoms in total. The lowest BCUT2D eigenvalue weighted by Crippen LogP contribution is -2.32. The van der Waals surface area contributed by atoms with E-state index in [9.17, 15) is 18.3 Å². The molecular formula is C25H26N2O6S. The first-order chi connectivity index (χ1) is 16.3. The fourth-order valence-electron chi connectivity index (χ4n) is 4.07. The summed E-state index contributed by atoms with van der Waals surface area (Å²) >= 11 is 0. The summed E-state index contributed by atoms with van der Waals surface area (Å²) in [4.78, 5) is 16.0. The first-order valence-electron chi connectivity index (χ1n) is 10.8. The predicted molar refractivity (Wildman–Crippen MR) is 126 cm³/mol. The van der Waals surface area contributed by atoms with Crippen LogP contribution in [-0.2, 0) is 21.4 Å². The van der Waals surface area contributed by atoms with E-state index in [1.165, 1.54) is 11.4 Å². The van der Waals surface area contributed by atoms with Crippen molar-refractivity contribution in [3.8, 4) is 11.5 Å². The van der Waals surface area contributed by atoms with Crippen LogP contribution in [0, 0.1) is 6.92 Å². The van der Waals surface area contributed by atoms with Gasteiger partial charge in [-0.05, 0) is 47.4 Å². The van der Waals surface area contributed by atoms with Crippen molar-refractivity contribution in [2.75, 3.05) is 20.3 Å². The van der Waals surface area contributed by atoms with Crippen molar-refractivity contribution in [3.63, 3.8) is 0 Å². The standard InChI is InChI=1S/C25H26N2O6S/c1-17-7-8-18(22(13-25(28)29)19-12-21(32-2)15-26-14-19)11-20(17)16-27-9-10-33-23-5-3-4-6-24(23)34(27,30)31/h3-8,11-12,14-15,22H,9-10,13,16H2,1-2H3,(H,28,29). The molecule has 9 heteroatoms. The van der Waals surface area contributed by atoms with Crippen LogP contribution in [0.25, 0.3) is 0 Å². The Balaban J connectivity index is 1.70. The van der Waals surface area contributed by atoms with Crippen LogP contribution >= 0.6 is 0 Å². The summed E-state index contributed by atoms with van der Waals surface area (Å²) in [6, 6.07) is 14.0. The van der Waals surface area contributed by atoms with Crippen molar-refractivity contribution >= 4 is 16.0 Å². The first-order valence-corrected chi connectivity index (χ1v) is 12.3. The van der Waals surface area contributed by atoms with Crippen LogP contribution in [0.5, 0.6) is 11.5 Å². The van der Waals surface area contributed by atoms with Crippen molar-refractivity contribution in [2.45, 2.75) is 30.7 Å². The lowest BCUT2D eigenvalue weighted by Gasteiger charge is -2.22. The zero-order valence-electron chi connectivity index (χ0n) is 19.0. The van der Waals surface area contributed by atoms with E-state index in [1.807, 2.05) is 25.1 Å². The normalized spacial score (nSPS) is 16.1. The summed E-state index contributed by atoms with van der Waals surface area (Å²) in [5.41, 5.74) is 3.19. The summed E-state index contributed by atoms with van der Waals surface area (Å²) in [6.45, 7) is 2.51. The number of carboxylic acid groups (broad SMARTS) is 1. The Hall–Kier alpha value is -3.43. The molecule has 3 aromatic rings. The molecule has 1 aliphatic rings. The minimum absolute atomic E-state index is 0.138. The van der Waals surface area contributed by atoms with E-state index in [0.717, 1.165) is 16.7 Å². The molecule has 1 aliphatic heterocycles. The zero-order valence-corrected chi connectivity index (χ0v) is 19.8. The minimum Gasteiger partial charge on any atom is -0.495 e. The van der Waals surface area contributed by atoms with Gasteiger partial charge < -0.3 is 14.6 Å². The monoisotopic (exact) mass is 482 g/mol. The van der Waals surface area contributed by atoms with E-state index < -0.39 is 21.9 Å². The van der Waals surface area contributed by atoms with Crippen molar-refractivity contribution in [3.05, 3.63) is 83.2 Å². The van der Waals surface area contributed by atoms with E-state index >= 15 is 0 Å². The second-order valence-corrected chi connectivity index (χ2v) is 10.0. The molecule has 0 spiro atoms. The number of benzene rings is 2. The second-order valence-electron chi connectivity index (χ2n) is 8.13. The van der Waals surface area contributed by atoms with Gasteiger partial charge in [-0.3, -0.25) is 9.78 Å². The molecule has 0 amide bonds. The van der Waals surface area contributed by atoms with E-state index in [0.29, 0.717) is 17.1 Å². The fourth-order valence-corrected chi connectivity index (χ4v) is 5.61. The smallest absolute Gasteiger partial charge is 0.304 e. The quantitative estimate of drug-likeness (QED) is 0.549. The van der Waals surface area contributed by atoms with Gasteiger partial charge in [-0.1, -0.05) is 30.3 Å². The minimum atomic E-state index is -3.76. The number of methoxy groups -OCH3 is 1. The van der Waals surface area contributed by atoms with Crippen LogP contribution in [0.1, 0.15) is 34.6 Å². The molecule has 1 unspecified atom stereocenters. The maximum absolute atomic E-state index is 13.3. The van der Waals surface area contributed by atoms with Crippen LogP contribution < -0.4 is 9.47 Å². The maximum Gasteiger partial charge on any atom is 0.304 e. The number of nitrogens with zero attached hydrogens (tertiary/aromatic N) is 2. The van der Waals surface area contributed by atoms with Crippen molar-refractivity contribution in [1.82, 2.24) is 9.29 Å². The summed E-state index contributed by atoms with van der Waals surface area (Å²) in [6.07, 6.45) is 3.05. The van der Waals surface area contributed by atoms with Gasteiger partial charge in [0, 0.05) is 25.2 Å². The Morgan fingerprint density at radius 1 is 1.18 bits per heavy atom. The number of fused-ring (bicyclic) bond motifs is 1. The Labute approximate surface area is 198 Å². The van der Waals surface area contributed by atoms with E-state index in [1.54, 1.807) is 42.7 Å². The number of ether oxygens (including phenoxy) is 2. The average molecular weight is 483 g/mol. The molecule has 1 aromatic heterocycles. The number of aromatic nitrogens is 1. The Morgan fingerprint density at radius 2 is 1.97 bits per heavy atom. The summed E-state index contributed by atoms with van der Waals surface area (Å²) in [5.74, 6) is -0.528. The number of hydrogen-bond acceptors (Lipinski definition) is 6. The summed E-state index contributed by atoms with van der Waals surface area (Å²) < 4.78 is 39.0. The van der Waals surface area contributed by atoms with Crippen LogP contribution in [-0.4, -0.2) is 49.0 Å². The van der Waals surface area contributed by atoms with E-state index in [-0.39, 0.29) is 31.0 Å². The van der Waals surface area contributed by atoms with E-state index in [2.05, 4.69) is 4.98 Å². The molecule has 1 N–H and O–H groups in total. The van der Waals surface area contributed by atoms with Gasteiger partial charge in [0.05, 0.1) is 19.7 Å². The third kappa shape index (κ3) is 4.90. The van der Waals surface area contributed by atoms with Crippen LogP contribution in [0.15, 0.2) is 65.8 Å². The van der Waals surface area contributed by atoms with Crippen LogP contribution in [0.3, 0.4) is 0 Å².